The van der Waals surface area contributed by atoms with Gasteiger partial charge in [-0.15, -0.1) is 0 Å². The van der Waals surface area contributed by atoms with Crippen LogP contribution < -0.4 is 16.4 Å². The Labute approximate surface area is 114 Å². The monoisotopic (exact) mass is 265 g/mol. The summed E-state index contributed by atoms with van der Waals surface area (Å²) in [5.41, 5.74) is 8.07. The van der Waals surface area contributed by atoms with Crippen LogP contribution in [0.3, 0.4) is 0 Å². The second kappa shape index (κ2) is 6.31. The molecule has 0 aliphatic heterocycles. The van der Waals surface area contributed by atoms with Crippen LogP contribution in [0.1, 0.15) is 26.3 Å². The lowest BCUT2D eigenvalue weighted by molar-refractivity contribution is 0.0530. The summed E-state index contributed by atoms with van der Waals surface area (Å²) in [6.45, 7) is 8.59. The third-order valence-electron chi connectivity index (χ3n) is 2.39. The minimum Gasteiger partial charge on any atom is -0.444 e. The number of carbonyl (C=O) groups excluding carboxylic acids is 1. The Bertz CT molecular complexity index is 439. The fourth-order valence-corrected chi connectivity index (χ4v) is 1.47. The number of amides is 1. The van der Waals surface area contributed by atoms with Gasteiger partial charge in [-0.05, 0) is 51.5 Å². The van der Waals surface area contributed by atoms with Gasteiger partial charge in [-0.2, -0.15) is 0 Å². The molecular formula is C14H23N3O2. The average Bonchev–Trinajstić information content (AvgIpc) is 2.27. The highest BCUT2D eigenvalue weighted by Gasteiger charge is 2.15. The van der Waals surface area contributed by atoms with E-state index in [2.05, 4.69) is 10.6 Å². The van der Waals surface area contributed by atoms with E-state index < -0.39 is 11.7 Å². The van der Waals surface area contributed by atoms with Crippen molar-refractivity contribution in [3.05, 3.63) is 23.8 Å². The van der Waals surface area contributed by atoms with Gasteiger partial charge in [0.25, 0.3) is 0 Å². The van der Waals surface area contributed by atoms with Crippen molar-refractivity contribution in [3.8, 4) is 0 Å². The molecule has 0 aliphatic carbocycles. The highest BCUT2D eigenvalue weighted by Crippen LogP contribution is 2.16. The molecule has 0 aliphatic rings. The number of ether oxygens (including phenoxy) is 1. The lowest BCUT2D eigenvalue weighted by atomic mass is 10.2. The summed E-state index contributed by atoms with van der Waals surface area (Å²) < 4.78 is 5.13. The number of rotatable bonds is 4. The Balaban J connectivity index is 2.27. The number of nitrogen functional groups attached to an aromatic ring is 1. The third kappa shape index (κ3) is 5.99. The lowest BCUT2D eigenvalue weighted by Crippen LogP contribution is -2.34. The van der Waals surface area contributed by atoms with E-state index in [1.165, 1.54) is 0 Å². The third-order valence-corrected chi connectivity index (χ3v) is 2.39. The van der Waals surface area contributed by atoms with Crippen LogP contribution in [0, 0.1) is 6.92 Å². The predicted molar refractivity (Wildman–Crippen MR) is 78.3 cm³/mol. The molecular weight excluding hydrogens is 242 g/mol. The van der Waals surface area contributed by atoms with Gasteiger partial charge in [0.15, 0.2) is 0 Å². The Morgan fingerprint density at radius 2 is 2.00 bits per heavy atom. The molecule has 5 heteroatoms. The summed E-state index contributed by atoms with van der Waals surface area (Å²) in [5.74, 6) is 0. The average molecular weight is 265 g/mol. The maximum Gasteiger partial charge on any atom is 0.407 e. The summed E-state index contributed by atoms with van der Waals surface area (Å²) in [4.78, 5) is 11.4. The van der Waals surface area contributed by atoms with Gasteiger partial charge in [-0.3, -0.25) is 0 Å². The zero-order chi connectivity index (χ0) is 14.5. The molecule has 0 bridgehead atoms. The fourth-order valence-electron chi connectivity index (χ4n) is 1.47. The summed E-state index contributed by atoms with van der Waals surface area (Å²) in [6, 6.07) is 5.75. The summed E-state index contributed by atoms with van der Waals surface area (Å²) in [6.07, 6.45) is -0.400. The Morgan fingerprint density at radius 1 is 1.32 bits per heavy atom. The molecule has 1 amide bonds. The minimum atomic E-state index is -0.467. The molecule has 5 nitrogen and oxygen atoms in total. The first-order valence-electron chi connectivity index (χ1n) is 6.35. The molecule has 0 unspecified atom stereocenters. The number of nitrogens with two attached hydrogens (primary N) is 1. The first-order chi connectivity index (χ1) is 8.78. The molecule has 0 heterocycles. The van der Waals surface area contributed by atoms with Gasteiger partial charge < -0.3 is 21.1 Å². The normalized spacial score (nSPS) is 10.9. The Hall–Kier alpha value is -1.91. The Morgan fingerprint density at radius 3 is 2.58 bits per heavy atom. The van der Waals surface area contributed by atoms with Crippen molar-refractivity contribution in [3.63, 3.8) is 0 Å². The lowest BCUT2D eigenvalue weighted by Gasteiger charge is -2.19. The smallest absolute Gasteiger partial charge is 0.407 e. The number of aryl methyl sites for hydroxylation is 1. The van der Waals surface area contributed by atoms with E-state index in [9.17, 15) is 4.79 Å². The SMILES string of the molecule is Cc1cc(NCCNC(=O)OC(C)(C)C)ccc1N. The van der Waals surface area contributed by atoms with Crippen LogP contribution in [-0.4, -0.2) is 24.8 Å². The highest BCUT2D eigenvalue weighted by atomic mass is 16.6. The van der Waals surface area contributed by atoms with Gasteiger partial charge in [0.1, 0.15) is 5.60 Å². The largest absolute Gasteiger partial charge is 0.444 e. The molecule has 106 valence electrons. The highest BCUT2D eigenvalue weighted by molar-refractivity contribution is 5.67. The van der Waals surface area contributed by atoms with Crippen molar-refractivity contribution < 1.29 is 9.53 Å². The standard InChI is InChI=1S/C14H23N3O2/c1-10-9-11(5-6-12(10)15)16-7-8-17-13(18)19-14(2,3)4/h5-6,9,16H,7-8,15H2,1-4H3,(H,17,18). The molecule has 0 saturated heterocycles. The van der Waals surface area contributed by atoms with Crippen LogP contribution in [0.25, 0.3) is 0 Å². The van der Waals surface area contributed by atoms with Crippen LogP contribution >= 0.6 is 0 Å². The van der Waals surface area contributed by atoms with Crippen LogP contribution in [0.2, 0.25) is 0 Å². The van der Waals surface area contributed by atoms with Crippen molar-refractivity contribution in [2.24, 2.45) is 0 Å². The van der Waals surface area contributed by atoms with E-state index in [0.29, 0.717) is 13.1 Å². The number of hydrogen-bond acceptors (Lipinski definition) is 4. The molecule has 0 atom stereocenters. The van der Waals surface area contributed by atoms with E-state index in [1.807, 2.05) is 45.9 Å². The van der Waals surface area contributed by atoms with Crippen molar-refractivity contribution >= 4 is 17.5 Å². The molecule has 0 fully saturated rings. The van der Waals surface area contributed by atoms with Gasteiger partial charge in [0.05, 0.1) is 0 Å². The molecule has 0 radical (unpaired) electrons. The van der Waals surface area contributed by atoms with Gasteiger partial charge >= 0.3 is 6.09 Å². The number of hydrogen-bond donors (Lipinski definition) is 3. The topological polar surface area (TPSA) is 76.4 Å². The Kier molecular flexibility index (Phi) is 5.03. The quantitative estimate of drug-likeness (QED) is 0.577. The number of alkyl carbamates (subject to hydrolysis) is 1. The molecule has 4 N–H and O–H groups in total. The second-order valence-electron chi connectivity index (χ2n) is 5.43. The molecule has 0 aromatic heterocycles. The molecule has 1 aromatic carbocycles. The van der Waals surface area contributed by atoms with E-state index in [0.717, 1.165) is 16.9 Å². The summed E-state index contributed by atoms with van der Waals surface area (Å²) in [7, 11) is 0. The van der Waals surface area contributed by atoms with Gasteiger partial charge in [0.2, 0.25) is 0 Å². The number of nitrogens with one attached hydrogen (secondary N) is 2. The fraction of sp³-hybridized carbons (Fsp3) is 0.500. The van der Waals surface area contributed by atoms with E-state index in [-0.39, 0.29) is 0 Å². The van der Waals surface area contributed by atoms with E-state index in [1.54, 1.807) is 0 Å². The van der Waals surface area contributed by atoms with Crippen LogP contribution in [0.4, 0.5) is 16.2 Å². The van der Waals surface area contributed by atoms with Gasteiger partial charge in [0, 0.05) is 24.5 Å². The molecule has 1 aromatic rings. The number of anilines is 2. The van der Waals surface area contributed by atoms with Crippen LogP contribution in [-0.2, 0) is 4.74 Å². The molecule has 0 spiro atoms. The van der Waals surface area contributed by atoms with Crippen molar-refractivity contribution in [1.82, 2.24) is 5.32 Å². The van der Waals surface area contributed by atoms with Crippen molar-refractivity contribution in [2.45, 2.75) is 33.3 Å². The van der Waals surface area contributed by atoms with Gasteiger partial charge in [-0.25, -0.2) is 4.79 Å². The maximum absolute atomic E-state index is 11.4. The molecule has 1 rings (SSSR count). The zero-order valence-electron chi connectivity index (χ0n) is 12.0. The van der Waals surface area contributed by atoms with Crippen LogP contribution in [0.15, 0.2) is 18.2 Å². The number of benzene rings is 1. The maximum atomic E-state index is 11.4. The first-order valence-corrected chi connectivity index (χ1v) is 6.35. The summed E-state index contributed by atoms with van der Waals surface area (Å²) >= 11 is 0. The van der Waals surface area contributed by atoms with Crippen molar-refractivity contribution in [2.75, 3.05) is 24.1 Å². The number of carbonyl (C=O) groups is 1. The van der Waals surface area contributed by atoms with Gasteiger partial charge in [-0.1, -0.05) is 0 Å². The molecule has 19 heavy (non-hydrogen) atoms. The van der Waals surface area contributed by atoms with Crippen LogP contribution in [0.5, 0.6) is 0 Å². The summed E-state index contributed by atoms with van der Waals surface area (Å²) in [5, 5.41) is 5.89. The second-order valence-corrected chi connectivity index (χ2v) is 5.43. The first kappa shape index (κ1) is 15.1. The predicted octanol–water partition coefficient (Wildman–Crippen LogP) is 2.51. The van der Waals surface area contributed by atoms with E-state index >= 15 is 0 Å². The van der Waals surface area contributed by atoms with Crippen molar-refractivity contribution in [1.29, 1.82) is 0 Å². The molecule has 0 saturated carbocycles. The zero-order valence-corrected chi connectivity index (χ0v) is 12.0. The minimum absolute atomic E-state index is 0.400. The van der Waals surface area contributed by atoms with E-state index in [4.69, 9.17) is 10.5 Å².